The Morgan fingerprint density at radius 3 is 2.84 bits per heavy atom. The van der Waals surface area contributed by atoms with E-state index >= 15 is 0 Å². The highest BCUT2D eigenvalue weighted by molar-refractivity contribution is 5.78. The molecule has 0 bridgehead atoms. The zero-order valence-corrected chi connectivity index (χ0v) is 11.1. The van der Waals surface area contributed by atoms with Crippen LogP contribution in [0.3, 0.4) is 0 Å². The summed E-state index contributed by atoms with van der Waals surface area (Å²) >= 11 is 0. The number of rotatable bonds is 3. The lowest BCUT2D eigenvalue weighted by Gasteiger charge is -2.16. The van der Waals surface area contributed by atoms with Crippen LogP contribution < -0.4 is 4.90 Å². The Kier molecular flexibility index (Phi) is 2.91. The maximum absolute atomic E-state index is 4.49. The highest BCUT2D eigenvalue weighted by atomic mass is 15.3. The second-order valence-electron chi connectivity index (χ2n) is 4.76. The third-order valence-corrected chi connectivity index (χ3v) is 3.20. The van der Waals surface area contributed by atoms with Crippen LogP contribution in [0.2, 0.25) is 0 Å². The number of nitrogens with zero attached hydrogens (tertiary/aromatic N) is 4. The summed E-state index contributed by atoms with van der Waals surface area (Å²) in [6.45, 7) is 0.823. The molecule has 0 atom stereocenters. The van der Waals surface area contributed by atoms with E-state index in [1.165, 1.54) is 10.9 Å². The van der Waals surface area contributed by atoms with Gasteiger partial charge in [-0.1, -0.05) is 18.2 Å². The summed E-state index contributed by atoms with van der Waals surface area (Å²) in [5.74, 6) is 0. The van der Waals surface area contributed by atoms with Crippen LogP contribution in [0.5, 0.6) is 0 Å². The zero-order valence-electron chi connectivity index (χ0n) is 11.1. The molecule has 0 saturated heterocycles. The SMILES string of the molecule is CN(Cc1cnc2ccccc2c1)c1cnn(C)c1. The van der Waals surface area contributed by atoms with E-state index in [1.54, 1.807) is 0 Å². The molecule has 4 heteroatoms. The summed E-state index contributed by atoms with van der Waals surface area (Å²) in [7, 11) is 3.99. The smallest absolute Gasteiger partial charge is 0.0752 e. The van der Waals surface area contributed by atoms with Gasteiger partial charge in [0.2, 0.25) is 0 Å². The van der Waals surface area contributed by atoms with Gasteiger partial charge in [-0.15, -0.1) is 0 Å². The summed E-state index contributed by atoms with van der Waals surface area (Å²) in [5, 5.41) is 5.37. The third-order valence-electron chi connectivity index (χ3n) is 3.20. The minimum Gasteiger partial charge on any atom is -0.368 e. The predicted octanol–water partition coefficient (Wildman–Crippen LogP) is 2.60. The number of benzene rings is 1. The molecule has 0 fully saturated rings. The number of aromatic nitrogens is 3. The Morgan fingerprint density at radius 2 is 2.05 bits per heavy atom. The van der Waals surface area contributed by atoms with Crippen molar-refractivity contribution in [3.8, 4) is 0 Å². The maximum atomic E-state index is 4.49. The first-order chi connectivity index (χ1) is 9.22. The largest absolute Gasteiger partial charge is 0.368 e. The molecule has 0 aliphatic rings. The topological polar surface area (TPSA) is 34.0 Å². The van der Waals surface area contributed by atoms with Gasteiger partial charge in [-0.05, 0) is 17.7 Å². The van der Waals surface area contributed by atoms with Crippen molar-refractivity contribution < 1.29 is 0 Å². The molecule has 3 rings (SSSR count). The molecule has 96 valence electrons. The lowest BCUT2D eigenvalue weighted by molar-refractivity contribution is 0.767. The molecular formula is C15H16N4. The molecule has 2 aromatic heterocycles. The second kappa shape index (κ2) is 4.72. The molecule has 3 aromatic rings. The number of pyridine rings is 1. The number of fused-ring (bicyclic) bond motifs is 1. The second-order valence-corrected chi connectivity index (χ2v) is 4.76. The molecule has 0 unspecified atom stereocenters. The van der Waals surface area contributed by atoms with Crippen molar-refractivity contribution in [1.82, 2.24) is 14.8 Å². The van der Waals surface area contributed by atoms with Gasteiger partial charge in [0.1, 0.15) is 0 Å². The Labute approximate surface area is 112 Å². The lowest BCUT2D eigenvalue weighted by atomic mass is 10.1. The van der Waals surface area contributed by atoms with Crippen molar-refractivity contribution in [2.45, 2.75) is 6.54 Å². The van der Waals surface area contributed by atoms with Crippen LogP contribution in [0, 0.1) is 0 Å². The first kappa shape index (κ1) is 11.7. The van der Waals surface area contributed by atoms with E-state index < -0.39 is 0 Å². The fraction of sp³-hybridized carbons (Fsp3) is 0.200. The van der Waals surface area contributed by atoms with E-state index in [1.807, 2.05) is 48.5 Å². The van der Waals surface area contributed by atoms with Crippen LogP contribution in [-0.4, -0.2) is 21.8 Å². The first-order valence-corrected chi connectivity index (χ1v) is 6.26. The van der Waals surface area contributed by atoms with E-state index in [0.717, 1.165) is 17.7 Å². The zero-order chi connectivity index (χ0) is 13.2. The summed E-state index contributed by atoms with van der Waals surface area (Å²) in [6, 6.07) is 10.4. The molecule has 2 heterocycles. The van der Waals surface area contributed by atoms with Crippen LogP contribution in [0.25, 0.3) is 10.9 Å². The fourth-order valence-electron chi connectivity index (χ4n) is 2.17. The molecule has 19 heavy (non-hydrogen) atoms. The van der Waals surface area contributed by atoms with Crippen molar-refractivity contribution in [2.75, 3.05) is 11.9 Å². The Hall–Kier alpha value is -2.36. The predicted molar refractivity (Wildman–Crippen MR) is 77.1 cm³/mol. The average Bonchev–Trinajstić information content (AvgIpc) is 2.85. The Bertz CT molecular complexity index is 702. The molecule has 0 spiro atoms. The summed E-state index contributed by atoms with van der Waals surface area (Å²) in [5.41, 5.74) is 3.34. The first-order valence-electron chi connectivity index (χ1n) is 6.26. The molecule has 0 saturated carbocycles. The molecule has 4 nitrogen and oxygen atoms in total. The van der Waals surface area contributed by atoms with Gasteiger partial charge in [-0.3, -0.25) is 9.67 Å². The molecular weight excluding hydrogens is 236 g/mol. The van der Waals surface area contributed by atoms with Crippen molar-refractivity contribution in [3.05, 3.63) is 54.5 Å². The molecule has 0 amide bonds. The fourth-order valence-corrected chi connectivity index (χ4v) is 2.17. The molecule has 1 aromatic carbocycles. The van der Waals surface area contributed by atoms with Crippen molar-refractivity contribution >= 4 is 16.6 Å². The molecule has 0 N–H and O–H groups in total. The quantitative estimate of drug-likeness (QED) is 0.718. The van der Waals surface area contributed by atoms with Gasteiger partial charge in [-0.25, -0.2) is 0 Å². The van der Waals surface area contributed by atoms with Crippen molar-refractivity contribution in [2.24, 2.45) is 7.05 Å². The van der Waals surface area contributed by atoms with Gasteiger partial charge in [0.15, 0.2) is 0 Å². The summed E-state index contributed by atoms with van der Waals surface area (Å²) in [4.78, 5) is 6.65. The van der Waals surface area contributed by atoms with E-state index in [0.29, 0.717) is 0 Å². The van der Waals surface area contributed by atoms with E-state index in [2.05, 4.69) is 34.2 Å². The number of para-hydroxylation sites is 1. The minimum absolute atomic E-state index is 0.823. The van der Waals surface area contributed by atoms with Gasteiger partial charge >= 0.3 is 0 Å². The van der Waals surface area contributed by atoms with Crippen molar-refractivity contribution in [3.63, 3.8) is 0 Å². The normalized spacial score (nSPS) is 10.8. The van der Waals surface area contributed by atoms with Gasteiger partial charge in [0.25, 0.3) is 0 Å². The Morgan fingerprint density at radius 1 is 1.21 bits per heavy atom. The number of anilines is 1. The number of aryl methyl sites for hydroxylation is 1. The third kappa shape index (κ3) is 2.42. The van der Waals surface area contributed by atoms with Crippen LogP contribution in [-0.2, 0) is 13.6 Å². The summed E-state index contributed by atoms with van der Waals surface area (Å²) < 4.78 is 1.81. The highest BCUT2D eigenvalue weighted by Crippen LogP contribution is 2.17. The molecule has 0 aliphatic carbocycles. The van der Waals surface area contributed by atoms with Crippen LogP contribution in [0.15, 0.2) is 48.9 Å². The Balaban J connectivity index is 1.84. The molecule has 0 aliphatic heterocycles. The van der Waals surface area contributed by atoms with Crippen molar-refractivity contribution in [1.29, 1.82) is 0 Å². The summed E-state index contributed by atoms with van der Waals surface area (Å²) in [6.07, 6.45) is 5.82. The maximum Gasteiger partial charge on any atom is 0.0752 e. The highest BCUT2D eigenvalue weighted by Gasteiger charge is 2.05. The van der Waals surface area contributed by atoms with Gasteiger partial charge in [-0.2, -0.15) is 5.10 Å². The lowest BCUT2D eigenvalue weighted by Crippen LogP contribution is -2.15. The van der Waals surface area contributed by atoms with Crippen LogP contribution >= 0.6 is 0 Å². The van der Waals surface area contributed by atoms with E-state index in [9.17, 15) is 0 Å². The van der Waals surface area contributed by atoms with E-state index in [4.69, 9.17) is 0 Å². The molecule has 0 radical (unpaired) electrons. The van der Waals surface area contributed by atoms with Crippen LogP contribution in [0.4, 0.5) is 5.69 Å². The minimum atomic E-state index is 0.823. The monoisotopic (exact) mass is 252 g/mol. The van der Waals surface area contributed by atoms with E-state index in [-0.39, 0.29) is 0 Å². The number of hydrogen-bond donors (Lipinski definition) is 0. The number of hydrogen-bond acceptors (Lipinski definition) is 3. The van der Waals surface area contributed by atoms with Gasteiger partial charge in [0.05, 0.1) is 17.4 Å². The standard InChI is InChI=1S/C15H16N4/c1-18(14-9-17-19(2)11-14)10-12-7-13-5-3-4-6-15(13)16-8-12/h3-9,11H,10H2,1-2H3. The van der Waals surface area contributed by atoms with Crippen LogP contribution in [0.1, 0.15) is 5.56 Å². The average molecular weight is 252 g/mol. The van der Waals surface area contributed by atoms with Gasteiger partial charge in [0, 0.05) is 38.4 Å². The van der Waals surface area contributed by atoms with Gasteiger partial charge < -0.3 is 4.90 Å².